The van der Waals surface area contributed by atoms with Crippen molar-refractivity contribution >= 4 is 33.8 Å². The number of unbranched alkanes of at least 4 members (excludes halogenated alkanes) is 1. The first-order valence-electron chi connectivity index (χ1n) is 15.7. The fourth-order valence-electron chi connectivity index (χ4n) is 6.28. The maximum absolute atomic E-state index is 9.32. The highest BCUT2D eigenvalue weighted by molar-refractivity contribution is 7.12. The lowest BCUT2D eigenvalue weighted by atomic mass is 9.97. The number of nitriles is 1. The molecule has 1 saturated heterocycles. The molecule has 0 radical (unpaired) electrons. The van der Waals surface area contributed by atoms with Gasteiger partial charge in [0.2, 0.25) is 0 Å². The van der Waals surface area contributed by atoms with Crippen LogP contribution in [0.4, 0.5) is 0 Å². The van der Waals surface area contributed by atoms with E-state index >= 15 is 0 Å². The molecule has 0 saturated carbocycles. The predicted octanol–water partition coefficient (Wildman–Crippen LogP) is 9.77. The van der Waals surface area contributed by atoms with Gasteiger partial charge in [-0.1, -0.05) is 24.9 Å². The Morgan fingerprint density at radius 1 is 0.977 bits per heavy atom. The number of benzene rings is 3. The van der Waals surface area contributed by atoms with Crippen molar-refractivity contribution in [2.75, 3.05) is 19.6 Å². The number of rotatable bonds is 11. The van der Waals surface area contributed by atoms with Crippen molar-refractivity contribution in [2.45, 2.75) is 57.8 Å². The quantitative estimate of drug-likeness (QED) is 0.138. The van der Waals surface area contributed by atoms with Gasteiger partial charge in [-0.25, -0.2) is 4.98 Å². The molecule has 0 amide bonds. The van der Waals surface area contributed by atoms with E-state index in [9.17, 15) is 5.26 Å². The molecule has 0 aliphatic carbocycles. The van der Waals surface area contributed by atoms with Crippen molar-refractivity contribution in [3.8, 4) is 28.8 Å². The highest BCUT2D eigenvalue weighted by Gasteiger charge is 2.25. The van der Waals surface area contributed by atoms with Crippen LogP contribution in [0.3, 0.4) is 0 Å². The number of aryl methyl sites for hydroxylation is 3. The summed E-state index contributed by atoms with van der Waals surface area (Å²) in [6, 6.07) is 24.1. The maximum atomic E-state index is 9.32. The summed E-state index contributed by atoms with van der Waals surface area (Å²) in [5.41, 5.74) is 5.59. The Morgan fingerprint density at radius 3 is 2.41 bits per heavy atom. The van der Waals surface area contributed by atoms with Crippen molar-refractivity contribution in [3.05, 3.63) is 99.0 Å². The molecule has 0 bridgehead atoms. The number of piperidine rings is 1. The van der Waals surface area contributed by atoms with Crippen molar-refractivity contribution in [1.29, 1.82) is 5.26 Å². The largest absolute Gasteiger partial charge is 0.457 e. The minimum absolute atomic E-state index is 0.540. The van der Waals surface area contributed by atoms with Gasteiger partial charge < -0.3 is 14.2 Å². The number of aromatic nitrogens is 2. The summed E-state index contributed by atoms with van der Waals surface area (Å²) >= 11 is 7.93. The van der Waals surface area contributed by atoms with Crippen LogP contribution in [0.25, 0.3) is 22.2 Å². The van der Waals surface area contributed by atoms with Crippen LogP contribution in [0.15, 0.2) is 72.9 Å². The smallest absolute Gasteiger partial charge is 0.127 e. The molecule has 0 N–H and O–H groups in total. The molecule has 5 nitrogen and oxygen atoms in total. The normalized spacial score (nSPS) is 14.2. The Bertz CT molecular complexity index is 1740. The van der Waals surface area contributed by atoms with E-state index in [-0.39, 0.29) is 0 Å². The Hall–Kier alpha value is -3.63. The Labute approximate surface area is 269 Å². The summed E-state index contributed by atoms with van der Waals surface area (Å²) < 4.78 is 8.18. The highest BCUT2D eigenvalue weighted by atomic mass is 35.5. The van der Waals surface area contributed by atoms with Crippen LogP contribution in [0.1, 0.15) is 66.0 Å². The van der Waals surface area contributed by atoms with Gasteiger partial charge >= 0.3 is 0 Å². The second-order valence-corrected chi connectivity index (χ2v) is 13.4. The van der Waals surface area contributed by atoms with E-state index in [2.05, 4.69) is 53.9 Å². The Kier molecular flexibility index (Phi) is 9.66. The van der Waals surface area contributed by atoms with Gasteiger partial charge in [-0.2, -0.15) is 5.26 Å². The number of halogens is 1. The minimum Gasteiger partial charge on any atom is -0.457 e. The molecule has 3 aromatic carbocycles. The second kappa shape index (κ2) is 14.0. The lowest BCUT2D eigenvalue weighted by Crippen LogP contribution is -2.33. The molecule has 0 spiro atoms. The maximum Gasteiger partial charge on any atom is 0.127 e. The van der Waals surface area contributed by atoms with Gasteiger partial charge in [0.25, 0.3) is 0 Å². The molecule has 226 valence electrons. The third kappa shape index (κ3) is 7.02. The molecule has 0 atom stereocenters. The monoisotopic (exact) mass is 622 g/mol. The van der Waals surface area contributed by atoms with Gasteiger partial charge in [0.1, 0.15) is 11.5 Å². The van der Waals surface area contributed by atoms with E-state index in [1.54, 1.807) is 0 Å². The van der Waals surface area contributed by atoms with E-state index in [0.29, 0.717) is 10.9 Å². The number of likely N-dealkylation sites (tertiary alicyclic amines) is 1. The third-order valence-corrected chi connectivity index (χ3v) is 10.2. The number of hydrogen-bond acceptors (Lipinski definition) is 5. The third-order valence-electron chi connectivity index (χ3n) is 8.68. The van der Waals surface area contributed by atoms with Crippen LogP contribution in [0, 0.1) is 11.3 Å². The van der Waals surface area contributed by atoms with E-state index in [0.717, 1.165) is 73.6 Å². The molecule has 2 aromatic heterocycles. The summed E-state index contributed by atoms with van der Waals surface area (Å²) in [5.74, 6) is 2.12. The minimum atomic E-state index is 0.540. The van der Waals surface area contributed by atoms with Gasteiger partial charge in [0.15, 0.2) is 0 Å². The Morgan fingerprint density at radius 2 is 1.70 bits per heavy atom. The zero-order valence-corrected chi connectivity index (χ0v) is 27.1. The molecule has 1 aliphatic rings. The fourth-order valence-corrected chi connectivity index (χ4v) is 7.77. The zero-order valence-electron chi connectivity index (χ0n) is 25.6. The van der Waals surface area contributed by atoms with Gasteiger partial charge in [-0.05, 0) is 130 Å². The van der Waals surface area contributed by atoms with Gasteiger partial charge in [-0.15, -0.1) is 11.3 Å². The standard InChI is InChI=1S/C37H39ClN4OS/c1-3-6-35-36(27-9-13-31(14-10-27)43-32-15-11-30(38)12-16-32)40-37(44-35)28-18-21-42(22-19-28)20-5-4-7-29-25-41(2)34-17-8-26(24-39)23-33(29)34/h8-17,23,25,28H,3-7,18-22H2,1-2H3. The lowest BCUT2D eigenvalue weighted by molar-refractivity contribution is 0.209. The summed E-state index contributed by atoms with van der Waals surface area (Å²) in [5, 5.41) is 12.5. The van der Waals surface area contributed by atoms with Crippen molar-refractivity contribution < 1.29 is 4.74 Å². The average molecular weight is 623 g/mol. The van der Waals surface area contributed by atoms with Gasteiger partial charge in [0, 0.05) is 45.5 Å². The second-order valence-electron chi connectivity index (χ2n) is 11.8. The Balaban J connectivity index is 1.02. The first-order chi connectivity index (χ1) is 21.5. The highest BCUT2D eigenvalue weighted by Crippen LogP contribution is 2.38. The van der Waals surface area contributed by atoms with E-state index in [4.69, 9.17) is 21.3 Å². The topological polar surface area (TPSA) is 54.1 Å². The molecule has 3 heterocycles. The van der Waals surface area contributed by atoms with Gasteiger partial charge in [0.05, 0.1) is 22.3 Å². The number of hydrogen-bond donors (Lipinski definition) is 0. The van der Waals surface area contributed by atoms with Crippen molar-refractivity contribution in [2.24, 2.45) is 7.05 Å². The van der Waals surface area contributed by atoms with Crippen LogP contribution in [-0.2, 0) is 19.9 Å². The number of ether oxygens (including phenoxy) is 1. The summed E-state index contributed by atoms with van der Waals surface area (Å²) in [7, 11) is 2.09. The van der Waals surface area contributed by atoms with Crippen LogP contribution in [-0.4, -0.2) is 34.1 Å². The molecular weight excluding hydrogens is 584 g/mol. The van der Waals surface area contributed by atoms with E-state index in [1.807, 2.05) is 59.9 Å². The van der Waals surface area contributed by atoms with E-state index in [1.165, 1.54) is 45.6 Å². The molecule has 7 heteroatoms. The van der Waals surface area contributed by atoms with Crippen molar-refractivity contribution in [1.82, 2.24) is 14.5 Å². The molecule has 44 heavy (non-hydrogen) atoms. The molecule has 0 unspecified atom stereocenters. The SMILES string of the molecule is CCCc1sc(C2CCN(CCCCc3cn(C)c4ccc(C#N)cc34)CC2)nc1-c1ccc(Oc2ccc(Cl)cc2)cc1. The van der Waals surface area contributed by atoms with Crippen LogP contribution >= 0.6 is 22.9 Å². The van der Waals surface area contributed by atoms with Crippen LogP contribution in [0.2, 0.25) is 5.02 Å². The molecular formula is C37H39ClN4OS. The lowest BCUT2D eigenvalue weighted by Gasteiger charge is -2.31. The van der Waals surface area contributed by atoms with Crippen molar-refractivity contribution in [3.63, 3.8) is 0 Å². The number of fused-ring (bicyclic) bond motifs is 1. The first kappa shape index (κ1) is 30.4. The zero-order chi connectivity index (χ0) is 30.5. The summed E-state index contributed by atoms with van der Waals surface area (Å²) in [6.07, 6.45) is 10.2. The molecule has 5 aromatic rings. The molecule has 1 aliphatic heterocycles. The predicted molar refractivity (Wildman–Crippen MR) is 182 cm³/mol. The summed E-state index contributed by atoms with van der Waals surface area (Å²) in [4.78, 5) is 9.27. The average Bonchev–Trinajstić information content (AvgIpc) is 3.61. The first-order valence-corrected chi connectivity index (χ1v) is 16.9. The van der Waals surface area contributed by atoms with Gasteiger partial charge in [-0.3, -0.25) is 0 Å². The van der Waals surface area contributed by atoms with E-state index < -0.39 is 0 Å². The number of thiazole rings is 1. The van der Waals surface area contributed by atoms with Crippen LogP contribution in [0.5, 0.6) is 11.5 Å². The van der Waals surface area contributed by atoms with Crippen LogP contribution < -0.4 is 4.74 Å². The number of nitrogens with zero attached hydrogens (tertiary/aromatic N) is 4. The molecule has 1 fully saturated rings. The fraction of sp³-hybridized carbons (Fsp3) is 0.351. The molecule has 6 rings (SSSR count). The summed E-state index contributed by atoms with van der Waals surface area (Å²) in [6.45, 7) is 5.67.